The topological polar surface area (TPSA) is 69.2 Å². The summed E-state index contributed by atoms with van der Waals surface area (Å²) in [6.07, 6.45) is 11.4. The number of nitrogens with zero attached hydrogens (tertiary/aromatic N) is 2. The van der Waals surface area contributed by atoms with E-state index in [0.717, 1.165) is 24.0 Å². The molecule has 1 atom stereocenters. The molecule has 5 heteroatoms. The van der Waals surface area contributed by atoms with Gasteiger partial charge >= 0.3 is 5.97 Å². The lowest BCUT2D eigenvalue weighted by Crippen LogP contribution is -2.23. The molecule has 0 N–H and O–H groups in total. The van der Waals surface area contributed by atoms with Gasteiger partial charge in [-0.15, -0.1) is 0 Å². The largest absolute Gasteiger partial charge is 0.450 e. The van der Waals surface area contributed by atoms with Gasteiger partial charge < -0.3 is 4.74 Å². The molecule has 0 aliphatic heterocycles. The number of benzene rings is 1. The van der Waals surface area contributed by atoms with E-state index < -0.39 is 17.9 Å². The molecule has 0 bridgehead atoms. The normalized spacial score (nSPS) is 11.3. The molecule has 2 aromatic rings. The van der Waals surface area contributed by atoms with Crippen LogP contribution in [-0.4, -0.2) is 27.8 Å². The lowest BCUT2D eigenvalue weighted by molar-refractivity contribution is -0.121. The summed E-state index contributed by atoms with van der Waals surface area (Å²) in [6, 6.07) is 6.84. The van der Waals surface area contributed by atoms with E-state index in [1.54, 1.807) is 31.2 Å². The molecule has 2 rings (SSSR count). The molecular formula is C25H30N2O3. The van der Waals surface area contributed by atoms with Gasteiger partial charge in [-0.1, -0.05) is 57.1 Å². The standard InChI is InChI=1S/C25H30N2O3/c1-4-6-7-8-9-10-12-20-17-26-24(27-18-20)21-13-15-22(16-14-21)25(29)30-19(3)23(28)11-5-2/h13-19H,4,6-10,12H2,1-3H3. The number of carbonyl (C=O) groups excluding carboxylic acids is 2. The minimum absolute atomic E-state index is 0.363. The van der Waals surface area contributed by atoms with Gasteiger partial charge in [-0.2, -0.15) is 0 Å². The third kappa shape index (κ3) is 7.44. The van der Waals surface area contributed by atoms with Crippen molar-refractivity contribution in [1.82, 2.24) is 9.97 Å². The van der Waals surface area contributed by atoms with Crippen LogP contribution in [0.4, 0.5) is 0 Å². The van der Waals surface area contributed by atoms with Gasteiger partial charge in [0.05, 0.1) is 5.56 Å². The Morgan fingerprint density at radius 3 is 2.27 bits per heavy atom. The monoisotopic (exact) mass is 406 g/mol. The number of hydrogen-bond acceptors (Lipinski definition) is 5. The van der Waals surface area contributed by atoms with E-state index in [1.807, 2.05) is 12.4 Å². The molecule has 0 radical (unpaired) electrons. The maximum Gasteiger partial charge on any atom is 0.338 e. The summed E-state index contributed by atoms with van der Waals surface area (Å²) in [5.74, 6) is 4.52. The second-order valence-corrected chi connectivity index (χ2v) is 7.30. The molecule has 1 aromatic heterocycles. The Morgan fingerprint density at radius 2 is 1.63 bits per heavy atom. The van der Waals surface area contributed by atoms with Crippen molar-refractivity contribution >= 4 is 11.8 Å². The summed E-state index contributed by atoms with van der Waals surface area (Å²) in [5.41, 5.74) is 2.32. The number of unbranched alkanes of at least 4 members (excludes halogenated alkanes) is 5. The number of carbonyl (C=O) groups is 2. The first-order chi connectivity index (χ1) is 14.5. The van der Waals surface area contributed by atoms with Crippen LogP contribution < -0.4 is 0 Å². The Balaban J connectivity index is 1.88. The van der Waals surface area contributed by atoms with Crippen molar-refractivity contribution < 1.29 is 14.3 Å². The molecule has 5 nitrogen and oxygen atoms in total. The lowest BCUT2D eigenvalue weighted by Gasteiger charge is -2.09. The molecule has 0 aliphatic rings. The minimum atomic E-state index is -0.896. The molecule has 30 heavy (non-hydrogen) atoms. The first-order valence-electron chi connectivity index (χ1n) is 10.6. The molecule has 1 heterocycles. The van der Waals surface area contributed by atoms with E-state index in [0.29, 0.717) is 11.4 Å². The maximum absolute atomic E-state index is 12.2. The van der Waals surface area contributed by atoms with Crippen molar-refractivity contribution in [2.24, 2.45) is 0 Å². The molecule has 0 spiro atoms. The number of esters is 1. The highest BCUT2D eigenvalue weighted by molar-refractivity contribution is 6.01. The molecule has 0 saturated carbocycles. The Hall–Kier alpha value is -3.00. The van der Waals surface area contributed by atoms with Crippen molar-refractivity contribution in [3.8, 4) is 23.2 Å². The molecule has 1 unspecified atom stereocenters. The van der Waals surface area contributed by atoms with Crippen molar-refractivity contribution in [2.75, 3.05) is 0 Å². The SMILES string of the molecule is CC#CC(=O)C(C)OC(=O)c1ccc(-c2ncc(CCCCCCCC)cn2)cc1. The quantitative estimate of drug-likeness (QED) is 0.222. The smallest absolute Gasteiger partial charge is 0.338 e. The zero-order valence-corrected chi connectivity index (χ0v) is 18.1. The Morgan fingerprint density at radius 1 is 1.00 bits per heavy atom. The second-order valence-electron chi connectivity index (χ2n) is 7.30. The number of ether oxygens (including phenoxy) is 1. The predicted molar refractivity (Wildman–Crippen MR) is 118 cm³/mol. The van der Waals surface area contributed by atoms with Gasteiger partial charge in [0.2, 0.25) is 5.78 Å². The first-order valence-corrected chi connectivity index (χ1v) is 10.6. The van der Waals surface area contributed by atoms with Crippen molar-refractivity contribution in [2.45, 2.75) is 71.8 Å². The van der Waals surface area contributed by atoms with Crippen LogP contribution >= 0.6 is 0 Å². The van der Waals surface area contributed by atoms with E-state index >= 15 is 0 Å². The van der Waals surface area contributed by atoms with E-state index in [4.69, 9.17) is 4.74 Å². The average Bonchev–Trinajstić information content (AvgIpc) is 2.77. The van der Waals surface area contributed by atoms with Gasteiger partial charge in [-0.05, 0) is 50.3 Å². The third-order valence-corrected chi connectivity index (χ3v) is 4.80. The highest BCUT2D eigenvalue weighted by atomic mass is 16.5. The molecule has 0 saturated heterocycles. The van der Waals surface area contributed by atoms with Gasteiger partial charge in [-0.25, -0.2) is 14.8 Å². The minimum Gasteiger partial charge on any atom is -0.450 e. The maximum atomic E-state index is 12.2. The van der Waals surface area contributed by atoms with Gasteiger partial charge in [-0.3, -0.25) is 4.79 Å². The van der Waals surface area contributed by atoms with Crippen LogP contribution in [0.3, 0.4) is 0 Å². The highest BCUT2D eigenvalue weighted by Crippen LogP contribution is 2.17. The first kappa shape index (κ1) is 23.3. The fourth-order valence-electron chi connectivity index (χ4n) is 3.00. The number of hydrogen-bond donors (Lipinski definition) is 0. The van der Waals surface area contributed by atoms with Crippen LogP contribution in [0.15, 0.2) is 36.7 Å². The van der Waals surface area contributed by atoms with Gasteiger partial charge in [0.1, 0.15) is 0 Å². The van der Waals surface area contributed by atoms with Crippen LogP contribution in [0.25, 0.3) is 11.4 Å². The Labute approximate surface area is 179 Å². The van der Waals surface area contributed by atoms with Crippen molar-refractivity contribution in [3.05, 3.63) is 47.8 Å². The van der Waals surface area contributed by atoms with E-state index in [2.05, 4.69) is 28.7 Å². The number of ketones is 1. The summed E-state index contributed by atoms with van der Waals surface area (Å²) in [6.45, 7) is 5.30. The number of aryl methyl sites for hydroxylation is 1. The number of Topliss-reactive ketones (excluding diaryl/α,β-unsaturated/α-hetero) is 1. The molecule has 0 aliphatic carbocycles. The third-order valence-electron chi connectivity index (χ3n) is 4.80. The summed E-state index contributed by atoms with van der Waals surface area (Å²) in [5, 5.41) is 0. The van der Waals surface area contributed by atoms with E-state index in [1.165, 1.54) is 39.0 Å². The Kier molecular flexibility index (Phi) is 9.73. The average molecular weight is 407 g/mol. The number of rotatable bonds is 11. The second kappa shape index (κ2) is 12.5. The van der Waals surface area contributed by atoms with Gasteiger partial charge in [0.25, 0.3) is 0 Å². The van der Waals surface area contributed by atoms with Crippen LogP contribution in [0.5, 0.6) is 0 Å². The van der Waals surface area contributed by atoms with Crippen molar-refractivity contribution in [3.63, 3.8) is 0 Å². The summed E-state index contributed by atoms with van der Waals surface area (Å²) in [4.78, 5) is 32.7. The number of aromatic nitrogens is 2. The van der Waals surface area contributed by atoms with Gasteiger partial charge in [0, 0.05) is 18.0 Å². The zero-order chi connectivity index (χ0) is 21.8. The van der Waals surface area contributed by atoms with Crippen LogP contribution in [0, 0.1) is 11.8 Å². The Bertz CT molecular complexity index is 877. The summed E-state index contributed by atoms with van der Waals surface area (Å²) < 4.78 is 5.16. The fourth-order valence-corrected chi connectivity index (χ4v) is 3.00. The molecule has 158 valence electrons. The predicted octanol–water partition coefficient (Wildman–Crippen LogP) is 5.18. The van der Waals surface area contributed by atoms with Crippen LogP contribution in [-0.2, 0) is 16.0 Å². The molecule has 0 fully saturated rings. The van der Waals surface area contributed by atoms with Crippen molar-refractivity contribution in [1.29, 1.82) is 0 Å². The van der Waals surface area contributed by atoms with Gasteiger partial charge in [0.15, 0.2) is 11.9 Å². The van der Waals surface area contributed by atoms with E-state index in [9.17, 15) is 9.59 Å². The van der Waals surface area contributed by atoms with Crippen LogP contribution in [0.1, 0.15) is 75.2 Å². The highest BCUT2D eigenvalue weighted by Gasteiger charge is 2.17. The summed E-state index contributed by atoms with van der Waals surface area (Å²) >= 11 is 0. The zero-order valence-electron chi connectivity index (χ0n) is 18.1. The lowest BCUT2D eigenvalue weighted by atomic mass is 10.1. The van der Waals surface area contributed by atoms with Crippen LogP contribution in [0.2, 0.25) is 0 Å². The molecular weight excluding hydrogens is 376 g/mol. The van der Waals surface area contributed by atoms with E-state index in [-0.39, 0.29) is 0 Å². The molecule has 1 aromatic carbocycles. The molecule has 0 amide bonds. The fraction of sp³-hybridized carbons (Fsp3) is 0.440. The summed E-state index contributed by atoms with van der Waals surface area (Å²) in [7, 11) is 0.